The average molecular weight is 371 g/mol. The molecule has 0 bridgehead atoms. The summed E-state index contributed by atoms with van der Waals surface area (Å²) in [5.41, 5.74) is 2.36. The van der Waals surface area contributed by atoms with Crippen LogP contribution in [0.3, 0.4) is 0 Å². The molecular formula is C15H16Cl2N4OS. The molecule has 0 fully saturated rings. The SMILES string of the molecule is Cc1cc(NC(=O)N(C)C)ccc1Sc1nc(C)c(Cl)nc1Cl. The lowest BCUT2D eigenvalue weighted by Crippen LogP contribution is -2.27. The summed E-state index contributed by atoms with van der Waals surface area (Å²) < 4.78 is 0. The van der Waals surface area contributed by atoms with E-state index in [-0.39, 0.29) is 11.2 Å². The number of benzene rings is 1. The molecule has 0 aliphatic rings. The van der Waals surface area contributed by atoms with Gasteiger partial charge in [-0.25, -0.2) is 14.8 Å². The first-order chi connectivity index (χ1) is 10.8. The van der Waals surface area contributed by atoms with Gasteiger partial charge in [-0.05, 0) is 37.6 Å². The molecule has 8 heteroatoms. The third-order valence-electron chi connectivity index (χ3n) is 2.98. The van der Waals surface area contributed by atoms with Crippen LogP contribution in [0.5, 0.6) is 0 Å². The number of amides is 2. The molecule has 0 unspecified atom stereocenters. The lowest BCUT2D eigenvalue weighted by Gasteiger charge is -2.13. The van der Waals surface area contributed by atoms with Crippen LogP contribution in [0.15, 0.2) is 28.1 Å². The van der Waals surface area contributed by atoms with Crippen molar-refractivity contribution in [2.24, 2.45) is 0 Å². The molecule has 23 heavy (non-hydrogen) atoms. The second-order valence-electron chi connectivity index (χ2n) is 5.10. The van der Waals surface area contributed by atoms with Crippen LogP contribution < -0.4 is 5.32 Å². The summed E-state index contributed by atoms with van der Waals surface area (Å²) in [6, 6.07) is 5.47. The Morgan fingerprint density at radius 1 is 1.17 bits per heavy atom. The second-order valence-corrected chi connectivity index (χ2v) is 6.85. The normalized spacial score (nSPS) is 10.5. The number of hydrogen-bond acceptors (Lipinski definition) is 4. The summed E-state index contributed by atoms with van der Waals surface area (Å²) in [5.74, 6) is 0. The van der Waals surface area contributed by atoms with E-state index in [1.807, 2.05) is 25.1 Å². The lowest BCUT2D eigenvalue weighted by atomic mass is 10.2. The minimum Gasteiger partial charge on any atom is -0.331 e. The number of urea groups is 1. The molecule has 2 rings (SSSR count). The van der Waals surface area contributed by atoms with E-state index >= 15 is 0 Å². The maximum atomic E-state index is 11.7. The Morgan fingerprint density at radius 3 is 2.48 bits per heavy atom. The van der Waals surface area contributed by atoms with Crippen LogP contribution in [0.25, 0.3) is 0 Å². The predicted molar refractivity (Wildman–Crippen MR) is 94.8 cm³/mol. The Morgan fingerprint density at radius 2 is 1.87 bits per heavy atom. The smallest absolute Gasteiger partial charge is 0.321 e. The predicted octanol–water partition coefficient (Wildman–Crippen LogP) is 4.64. The molecule has 0 aliphatic heterocycles. The lowest BCUT2D eigenvalue weighted by molar-refractivity contribution is 0.230. The molecule has 0 atom stereocenters. The van der Waals surface area contributed by atoms with Crippen LogP contribution >= 0.6 is 35.0 Å². The molecule has 0 saturated carbocycles. The van der Waals surface area contributed by atoms with Gasteiger partial charge >= 0.3 is 6.03 Å². The highest BCUT2D eigenvalue weighted by atomic mass is 35.5. The van der Waals surface area contributed by atoms with E-state index in [2.05, 4.69) is 15.3 Å². The van der Waals surface area contributed by atoms with Crippen LogP contribution in [-0.4, -0.2) is 35.0 Å². The summed E-state index contributed by atoms with van der Waals surface area (Å²) in [6.07, 6.45) is 0. The third kappa shape index (κ3) is 4.50. The number of nitrogens with zero attached hydrogens (tertiary/aromatic N) is 3. The van der Waals surface area contributed by atoms with Gasteiger partial charge in [0.2, 0.25) is 0 Å². The standard InChI is InChI=1S/C15H16Cl2N4OS/c1-8-7-10(19-15(22)21(3)4)5-6-11(8)23-14-13(17)20-12(16)9(2)18-14/h5-7H,1-4H3,(H,19,22). The van der Waals surface area contributed by atoms with E-state index in [9.17, 15) is 4.79 Å². The van der Waals surface area contributed by atoms with Crippen LogP contribution in [0.2, 0.25) is 10.3 Å². The van der Waals surface area contributed by atoms with Crippen molar-refractivity contribution < 1.29 is 4.79 Å². The number of aromatic nitrogens is 2. The van der Waals surface area contributed by atoms with Crippen molar-refractivity contribution >= 4 is 46.7 Å². The molecular weight excluding hydrogens is 355 g/mol. The molecule has 5 nitrogen and oxygen atoms in total. The Bertz CT molecular complexity index is 752. The van der Waals surface area contributed by atoms with Crippen molar-refractivity contribution in [1.29, 1.82) is 0 Å². The van der Waals surface area contributed by atoms with Crippen LogP contribution in [0.4, 0.5) is 10.5 Å². The number of nitrogens with one attached hydrogen (secondary N) is 1. The first-order valence-electron chi connectivity index (χ1n) is 6.74. The molecule has 2 aromatic rings. The van der Waals surface area contributed by atoms with E-state index in [0.29, 0.717) is 15.9 Å². The Kier molecular flexibility index (Phi) is 5.73. The highest BCUT2D eigenvalue weighted by molar-refractivity contribution is 7.99. The fourth-order valence-electron chi connectivity index (χ4n) is 1.71. The maximum absolute atomic E-state index is 11.7. The molecule has 1 aromatic heterocycles. The van der Waals surface area contributed by atoms with Crippen molar-refractivity contribution in [3.05, 3.63) is 39.8 Å². The summed E-state index contributed by atoms with van der Waals surface area (Å²) in [7, 11) is 3.38. The number of anilines is 1. The van der Waals surface area contributed by atoms with Crippen molar-refractivity contribution in [2.45, 2.75) is 23.8 Å². The Hall–Kier alpha value is -1.50. The number of halogens is 2. The van der Waals surface area contributed by atoms with Gasteiger partial charge in [-0.1, -0.05) is 35.0 Å². The molecule has 0 spiro atoms. The molecule has 0 aliphatic carbocycles. The number of carbonyl (C=O) groups is 1. The van der Waals surface area contributed by atoms with Gasteiger partial charge < -0.3 is 10.2 Å². The largest absolute Gasteiger partial charge is 0.331 e. The first kappa shape index (κ1) is 17.8. The van der Waals surface area contributed by atoms with E-state index in [1.165, 1.54) is 16.7 Å². The van der Waals surface area contributed by atoms with Crippen molar-refractivity contribution in [1.82, 2.24) is 14.9 Å². The molecule has 0 saturated heterocycles. The number of rotatable bonds is 3. The fraction of sp³-hybridized carbons (Fsp3) is 0.267. The van der Waals surface area contributed by atoms with Gasteiger partial charge in [0.05, 0.1) is 5.69 Å². The Balaban J connectivity index is 2.22. The number of carbonyl (C=O) groups excluding carboxylic acids is 1. The molecule has 0 radical (unpaired) electrons. The zero-order valence-corrected chi connectivity index (χ0v) is 15.5. The summed E-state index contributed by atoms with van der Waals surface area (Å²) >= 11 is 13.4. The van der Waals surface area contributed by atoms with Gasteiger partial charge in [0.1, 0.15) is 5.03 Å². The summed E-state index contributed by atoms with van der Waals surface area (Å²) in [6.45, 7) is 3.74. The van der Waals surface area contributed by atoms with E-state index in [4.69, 9.17) is 23.2 Å². The first-order valence-corrected chi connectivity index (χ1v) is 8.31. The minimum absolute atomic E-state index is 0.174. The minimum atomic E-state index is -0.174. The maximum Gasteiger partial charge on any atom is 0.321 e. The Labute approximate surface area is 149 Å². The highest BCUT2D eigenvalue weighted by Gasteiger charge is 2.12. The van der Waals surface area contributed by atoms with Crippen LogP contribution in [0, 0.1) is 13.8 Å². The van der Waals surface area contributed by atoms with Crippen LogP contribution in [-0.2, 0) is 0 Å². The molecule has 1 aromatic carbocycles. The zero-order valence-electron chi connectivity index (χ0n) is 13.1. The quantitative estimate of drug-likeness (QED) is 0.854. The zero-order chi connectivity index (χ0) is 17.1. The van der Waals surface area contributed by atoms with E-state index in [0.717, 1.165) is 16.1 Å². The van der Waals surface area contributed by atoms with Crippen molar-refractivity contribution in [3.63, 3.8) is 0 Å². The van der Waals surface area contributed by atoms with E-state index in [1.54, 1.807) is 21.0 Å². The van der Waals surface area contributed by atoms with Crippen molar-refractivity contribution in [2.75, 3.05) is 19.4 Å². The van der Waals surface area contributed by atoms with E-state index < -0.39 is 0 Å². The van der Waals surface area contributed by atoms with Gasteiger partial charge in [0, 0.05) is 24.7 Å². The number of aryl methyl sites for hydroxylation is 2. The molecule has 1 heterocycles. The van der Waals surface area contributed by atoms with Gasteiger partial charge in [0.25, 0.3) is 0 Å². The molecule has 1 N–H and O–H groups in total. The van der Waals surface area contributed by atoms with Crippen molar-refractivity contribution in [3.8, 4) is 0 Å². The highest BCUT2D eigenvalue weighted by Crippen LogP contribution is 2.34. The third-order valence-corrected chi connectivity index (χ3v) is 4.87. The molecule has 2 amide bonds. The van der Waals surface area contributed by atoms with Crippen LogP contribution in [0.1, 0.15) is 11.3 Å². The molecule has 122 valence electrons. The van der Waals surface area contributed by atoms with Gasteiger partial charge in [-0.15, -0.1) is 0 Å². The average Bonchev–Trinajstić information content (AvgIpc) is 2.47. The van der Waals surface area contributed by atoms with Gasteiger partial charge in [-0.3, -0.25) is 0 Å². The number of hydrogen-bond donors (Lipinski definition) is 1. The second kappa shape index (κ2) is 7.38. The fourth-order valence-corrected chi connectivity index (χ4v) is 2.99. The van der Waals surface area contributed by atoms with Gasteiger partial charge in [-0.2, -0.15) is 0 Å². The van der Waals surface area contributed by atoms with Gasteiger partial charge in [0.15, 0.2) is 10.3 Å². The summed E-state index contributed by atoms with van der Waals surface area (Å²) in [5, 5.41) is 3.98. The topological polar surface area (TPSA) is 58.1 Å². The monoisotopic (exact) mass is 370 g/mol. The summed E-state index contributed by atoms with van der Waals surface area (Å²) in [4.78, 5) is 22.6.